The van der Waals surface area contributed by atoms with Gasteiger partial charge in [-0.3, -0.25) is 4.72 Å². The van der Waals surface area contributed by atoms with Gasteiger partial charge in [0.2, 0.25) is 27.7 Å². The highest BCUT2D eigenvalue weighted by Gasteiger charge is 2.25. The van der Waals surface area contributed by atoms with Gasteiger partial charge in [0.15, 0.2) is 11.6 Å². The largest absolute Gasteiger partial charge is 0.435 e. The van der Waals surface area contributed by atoms with Gasteiger partial charge in [-0.05, 0) is 48.9 Å². The van der Waals surface area contributed by atoms with Crippen molar-refractivity contribution in [2.45, 2.75) is 12.7 Å². The molecule has 0 aliphatic rings. The Labute approximate surface area is 202 Å². The maximum atomic E-state index is 15.0. The number of sulfonamides is 1. The molecule has 0 spiro atoms. The van der Waals surface area contributed by atoms with Crippen LogP contribution in [0.3, 0.4) is 0 Å². The Kier molecular flexibility index (Phi) is 6.75. The predicted octanol–water partition coefficient (Wildman–Crippen LogP) is 4.72. The minimum atomic E-state index is -4.52. The van der Waals surface area contributed by atoms with Crippen LogP contribution in [0.25, 0.3) is 11.3 Å². The molecular formula is C23H17F4N5O3S. The Balaban J connectivity index is 1.65. The summed E-state index contributed by atoms with van der Waals surface area (Å²) < 4.78 is 89.9. The van der Waals surface area contributed by atoms with Crippen molar-refractivity contribution in [3.05, 3.63) is 89.3 Å². The lowest BCUT2D eigenvalue weighted by Gasteiger charge is -2.16. The molecule has 3 N–H and O–H groups in total. The molecule has 0 atom stereocenters. The van der Waals surface area contributed by atoms with Crippen LogP contribution in [0.2, 0.25) is 0 Å². The van der Waals surface area contributed by atoms with Gasteiger partial charge in [-0.1, -0.05) is 6.07 Å². The van der Waals surface area contributed by atoms with Gasteiger partial charge in [-0.2, -0.15) is 4.39 Å². The SMILES string of the molecule is Cc1cc(NS(=O)(=O)Cc2c(F)cccc2F)c(F)c(F)c1Oc1ncccc1-c1ccnc(N)n1. The maximum absolute atomic E-state index is 15.0. The molecule has 0 aliphatic carbocycles. The van der Waals surface area contributed by atoms with E-state index in [9.17, 15) is 21.6 Å². The summed E-state index contributed by atoms with van der Waals surface area (Å²) in [5.41, 5.74) is 4.73. The van der Waals surface area contributed by atoms with E-state index in [0.29, 0.717) is 11.3 Å². The van der Waals surface area contributed by atoms with Crippen molar-refractivity contribution in [2.75, 3.05) is 10.5 Å². The highest BCUT2D eigenvalue weighted by molar-refractivity contribution is 7.91. The molecule has 0 unspecified atom stereocenters. The first-order chi connectivity index (χ1) is 17.1. The summed E-state index contributed by atoms with van der Waals surface area (Å²) in [7, 11) is -4.52. The Hall–Kier alpha value is -4.26. The topological polar surface area (TPSA) is 120 Å². The van der Waals surface area contributed by atoms with Crippen molar-refractivity contribution in [1.29, 1.82) is 0 Å². The lowest BCUT2D eigenvalue weighted by atomic mass is 10.1. The second-order valence-corrected chi connectivity index (χ2v) is 9.24. The fourth-order valence-electron chi connectivity index (χ4n) is 3.29. The van der Waals surface area contributed by atoms with Crippen LogP contribution in [-0.2, 0) is 15.8 Å². The van der Waals surface area contributed by atoms with E-state index in [-0.39, 0.29) is 17.4 Å². The standard InChI is InChI=1S/C23H17F4N5O3S/c1-12-10-18(32-36(33,34)11-14-15(24)5-2-6-16(14)25)19(26)20(27)21(12)35-22-13(4-3-8-29-22)17-7-9-30-23(28)31-17/h2-10,32H,11H2,1H3,(H2,28,30,31). The number of ether oxygens (including phenoxy) is 1. The van der Waals surface area contributed by atoms with Crippen molar-refractivity contribution in [3.63, 3.8) is 0 Å². The third kappa shape index (κ3) is 5.20. The summed E-state index contributed by atoms with van der Waals surface area (Å²) in [6, 6.07) is 8.46. The first-order valence-electron chi connectivity index (χ1n) is 10.2. The quantitative estimate of drug-likeness (QED) is 0.339. The molecule has 0 aliphatic heterocycles. The summed E-state index contributed by atoms with van der Waals surface area (Å²) in [5.74, 6) is -7.13. The number of nitrogens with one attached hydrogen (secondary N) is 1. The molecule has 0 radical (unpaired) electrons. The number of hydrogen-bond donors (Lipinski definition) is 2. The number of nitrogens with zero attached hydrogens (tertiary/aromatic N) is 3. The van der Waals surface area contributed by atoms with Gasteiger partial charge in [0.05, 0.1) is 16.9 Å². The van der Waals surface area contributed by atoms with E-state index >= 15 is 4.39 Å². The number of halogens is 4. The zero-order valence-electron chi connectivity index (χ0n) is 18.5. The molecule has 36 heavy (non-hydrogen) atoms. The zero-order valence-corrected chi connectivity index (χ0v) is 19.3. The lowest BCUT2D eigenvalue weighted by Crippen LogP contribution is -2.18. The first kappa shape index (κ1) is 24.9. The van der Waals surface area contributed by atoms with Crippen molar-refractivity contribution in [1.82, 2.24) is 15.0 Å². The second kappa shape index (κ2) is 9.77. The smallest absolute Gasteiger partial charge is 0.237 e. The molecule has 4 rings (SSSR count). The van der Waals surface area contributed by atoms with Gasteiger partial charge < -0.3 is 10.5 Å². The third-order valence-corrected chi connectivity index (χ3v) is 6.13. The number of nitrogens with two attached hydrogens (primary N) is 1. The number of pyridine rings is 1. The average Bonchev–Trinajstić information content (AvgIpc) is 2.83. The van der Waals surface area contributed by atoms with Gasteiger partial charge >= 0.3 is 0 Å². The van der Waals surface area contributed by atoms with Crippen LogP contribution >= 0.6 is 0 Å². The summed E-state index contributed by atoms with van der Waals surface area (Å²) in [6.07, 6.45) is 2.76. The minimum absolute atomic E-state index is 0.00229. The van der Waals surface area contributed by atoms with Gasteiger partial charge in [-0.15, -0.1) is 0 Å². The number of aromatic nitrogens is 3. The average molecular weight is 519 g/mol. The van der Waals surface area contributed by atoms with Crippen LogP contribution in [0.5, 0.6) is 11.6 Å². The third-order valence-electron chi connectivity index (χ3n) is 4.93. The fraction of sp³-hybridized carbons (Fsp3) is 0.0870. The van der Waals surface area contributed by atoms with E-state index in [1.807, 2.05) is 4.72 Å². The van der Waals surface area contributed by atoms with Crippen molar-refractivity contribution in [2.24, 2.45) is 0 Å². The Morgan fingerprint density at radius 1 is 0.972 bits per heavy atom. The summed E-state index contributed by atoms with van der Waals surface area (Å²) >= 11 is 0. The molecule has 2 aromatic carbocycles. The summed E-state index contributed by atoms with van der Waals surface area (Å²) in [5, 5.41) is 0. The fourth-order valence-corrected chi connectivity index (χ4v) is 4.50. The molecule has 2 heterocycles. The molecule has 0 saturated carbocycles. The molecule has 13 heteroatoms. The molecule has 8 nitrogen and oxygen atoms in total. The van der Waals surface area contributed by atoms with Crippen molar-refractivity contribution >= 4 is 21.7 Å². The summed E-state index contributed by atoms with van der Waals surface area (Å²) in [6.45, 7) is 1.34. The molecule has 2 aromatic heterocycles. The highest BCUT2D eigenvalue weighted by Crippen LogP contribution is 2.36. The molecular weight excluding hydrogens is 502 g/mol. The van der Waals surface area contributed by atoms with Gasteiger partial charge in [0, 0.05) is 18.0 Å². The predicted molar refractivity (Wildman–Crippen MR) is 123 cm³/mol. The molecule has 0 amide bonds. The minimum Gasteiger partial charge on any atom is -0.435 e. The van der Waals surface area contributed by atoms with Gasteiger partial charge in [0.1, 0.15) is 17.4 Å². The number of hydrogen-bond acceptors (Lipinski definition) is 7. The normalized spacial score (nSPS) is 11.4. The van der Waals surface area contributed by atoms with Crippen molar-refractivity contribution < 1.29 is 30.7 Å². The van der Waals surface area contributed by atoms with Crippen LogP contribution in [0.1, 0.15) is 11.1 Å². The molecule has 0 bridgehead atoms. The zero-order chi connectivity index (χ0) is 26.0. The number of nitrogen functional groups attached to an aromatic ring is 1. The lowest BCUT2D eigenvalue weighted by molar-refractivity contribution is 0.404. The van der Waals surface area contributed by atoms with E-state index in [1.165, 1.54) is 25.4 Å². The highest BCUT2D eigenvalue weighted by atomic mass is 32.2. The Morgan fingerprint density at radius 2 is 1.69 bits per heavy atom. The molecule has 0 saturated heterocycles. The number of anilines is 2. The molecule has 186 valence electrons. The Morgan fingerprint density at radius 3 is 2.39 bits per heavy atom. The van der Waals surface area contributed by atoms with E-state index < -0.39 is 56.0 Å². The number of rotatable bonds is 7. The van der Waals surface area contributed by atoms with E-state index in [0.717, 1.165) is 24.3 Å². The van der Waals surface area contributed by atoms with E-state index in [4.69, 9.17) is 10.5 Å². The van der Waals surface area contributed by atoms with Crippen LogP contribution in [-0.4, -0.2) is 23.4 Å². The summed E-state index contributed by atoms with van der Waals surface area (Å²) in [4.78, 5) is 11.9. The number of benzene rings is 2. The van der Waals surface area contributed by atoms with Crippen LogP contribution in [0, 0.1) is 30.2 Å². The van der Waals surface area contributed by atoms with Crippen LogP contribution in [0.15, 0.2) is 54.9 Å². The van der Waals surface area contributed by atoms with Gasteiger partial charge in [0.25, 0.3) is 0 Å². The maximum Gasteiger partial charge on any atom is 0.237 e. The Bertz CT molecular complexity index is 1550. The molecule has 4 aromatic rings. The molecule has 0 fully saturated rings. The number of aryl methyl sites for hydroxylation is 1. The van der Waals surface area contributed by atoms with Crippen molar-refractivity contribution in [3.8, 4) is 22.9 Å². The van der Waals surface area contributed by atoms with Gasteiger partial charge in [-0.25, -0.2) is 36.5 Å². The van der Waals surface area contributed by atoms with E-state index in [1.54, 1.807) is 12.1 Å². The van der Waals surface area contributed by atoms with Crippen LogP contribution < -0.4 is 15.2 Å². The second-order valence-electron chi connectivity index (χ2n) is 7.52. The monoisotopic (exact) mass is 519 g/mol. The first-order valence-corrected chi connectivity index (χ1v) is 11.8. The van der Waals surface area contributed by atoms with Crippen LogP contribution in [0.4, 0.5) is 29.2 Å². The van der Waals surface area contributed by atoms with E-state index in [2.05, 4.69) is 15.0 Å².